The van der Waals surface area contributed by atoms with E-state index in [9.17, 15) is 15.0 Å². The number of nitrogens with zero attached hydrogens (tertiary/aromatic N) is 3. The van der Waals surface area contributed by atoms with Gasteiger partial charge in [0.25, 0.3) is 5.91 Å². The van der Waals surface area contributed by atoms with Crippen LogP contribution in [0.4, 0.5) is 11.5 Å². The third-order valence-electron chi connectivity index (χ3n) is 7.17. The molecular formula is C27H33N5O4. The number of nitrogens with one attached hydrogen (secondary N) is 2. The second kappa shape index (κ2) is 10.8. The van der Waals surface area contributed by atoms with Crippen molar-refractivity contribution in [3.63, 3.8) is 0 Å². The highest BCUT2D eigenvalue weighted by Gasteiger charge is 2.28. The molecule has 0 bridgehead atoms. The van der Waals surface area contributed by atoms with Gasteiger partial charge in [0.05, 0.1) is 24.3 Å². The van der Waals surface area contributed by atoms with Crippen LogP contribution < -0.4 is 10.6 Å². The van der Waals surface area contributed by atoms with E-state index in [1.54, 1.807) is 18.2 Å². The highest BCUT2D eigenvalue weighted by atomic mass is 16.5. The van der Waals surface area contributed by atoms with E-state index >= 15 is 0 Å². The lowest BCUT2D eigenvalue weighted by Gasteiger charge is -2.27. The van der Waals surface area contributed by atoms with Gasteiger partial charge in [0.2, 0.25) is 5.88 Å². The van der Waals surface area contributed by atoms with Crippen LogP contribution in [-0.2, 0) is 11.3 Å². The quantitative estimate of drug-likeness (QED) is 0.397. The number of aromatic nitrogens is 2. The topological polar surface area (TPSA) is 120 Å². The van der Waals surface area contributed by atoms with E-state index < -0.39 is 0 Å². The third kappa shape index (κ3) is 5.43. The smallest absolute Gasteiger partial charge is 0.259 e. The van der Waals surface area contributed by atoms with Crippen LogP contribution in [-0.4, -0.2) is 69.9 Å². The van der Waals surface area contributed by atoms with E-state index in [1.165, 1.54) is 0 Å². The highest BCUT2D eigenvalue weighted by molar-refractivity contribution is 6.08. The summed E-state index contributed by atoms with van der Waals surface area (Å²) >= 11 is 0. The summed E-state index contributed by atoms with van der Waals surface area (Å²) < 4.78 is 5.46. The molecule has 0 spiro atoms. The number of morpholine rings is 1. The lowest BCUT2D eigenvalue weighted by molar-refractivity contribution is 0.0341. The number of benzene rings is 1. The maximum Gasteiger partial charge on any atom is 0.259 e. The van der Waals surface area contributed by atoms with Gasteiger partial charge in [0, 0.05) is 61.5 Å². The van der Waals surface area contributed by atoms with Crippen LogP contribution in [0.25, 0.3) is 10.9 Å². The summed E-state index contributed by atoms with van der Waals surface area (Å²) in [6.45, 7) is 5.83. The molecule has 9 nitrogen and oxygen atoms in total. The molecule has 1 saturated carbocycles. The zero-order chi connectivity index (χ0) is 25.1. The lowest BCUT2D eigenvalue weighted by atomic mass is 10.0. The van der Waals surface area contributed by atoms with Gasteiger partial charge in [0.1, 0.15) is 5.82 Å². The van der Waals surface area contributed by atoms with E-state index in [2.05, 4.69) is 25.5 Å². The summed E-state index contributed by atoms with van der Waals surface area (Å²) in [5.74, 6) is 0.412. The fourth-order valence-corrected chi connectivity index (χ4v) is 5.17. The van der Waals surface area contributed by atoms with Crippen molar-refractivity contribution in [1.29, 1.82) is 0 Å². The Balaban J connectivity index is 1.42. The summed E-state index contributed by atoms with van der Waals surface area (Å²) in [7, 11) is 0. The maximum absolute atomic E-state index is 13.5. The molecule has 3 aromatic rings. The third-order valence-corrected chi connectivity index (χ3v) is 7.17. The summed E-state index contributed by atoms with van der Waals surface area (Å²) in [5, 5.41) is 26.9. The second-order valence-corrected chi connectivity index (χ2v) is 9.74. The van der Waals surface area contributed by atoms with Crippen molar-refractivity contribution in [2.75, 3.05) is 43.5 Å². The minimum absolute atomic E-state index is 0.0243. The molecule has 2 fully saturated rings. The SMILES string of the molecule is Cc1cc(O)nc2ccc(NC(=O)c3cc(CN4CCOCC4)cnc3NC3CCCC3CO)cc12. The predicted molar refractivity (Wildman–Crippen MR) is 138 cm³/mol. The average Bonchev–Trinajstić information content (AvgIpc) is 3.33. The van der Waals surface area contributed by atoms with Crippen LogP contribution in [0.2, 0.25) is 0 Å². The van der Waals surface area contributed by atoms with Crippen molar-refractivity contribution < 1.29 is 19.7 Å². The molecule has 2 aromatic heterocycles. The number of pyridine rings is 2. The van der Waals surface area contributed by atoms with Gasteiger partial charge in [-0.1, -0.05) is 6.42 Å². The van der Waals surface area contributed by atoms with E-state index in [4.69, 9.17) is 4.74 Å². The fourth-order valence-electron chi connectivity index (χ4n) is 5.17. The van der Waals surface area contributed by atoms with Gasteiger partial charge in [-0.3, -0.25) is 9.69 Å². The van der Waals surface area contributed by atoms with Crippen LogP contribution in [0.1, 0.15) is 40.7 Å². The van der Waals surface area contributed by atoms with E-state index in [0.29, 0.717) is 42.3 Å². The Morgan fingerprint density at radius 2 is 2.03 bits per heavy atom. The molecule has 190 valence electrons. The van der Waals surface area contributed by atoms with Gasteiger partial charge in [-0.15, -0.1) is 0 Å². The van der Waals surface area contributed by atoms with Gasteiger partial charge in [-0.25, -0.2) is 9.97 Å². The normalized spacial score (nSPS) is 20.5. The Kier molecular flexibility index (Phi) is 7.31. The highest BCUT2D eigenvalue weighted by Crippen LogP contribution is 2.30. The number of aliphatic hydroxyl groups is 1. The average molecular weight is 492 g/mol. The van der Waals surface area contributed by atoms with Crippen LogP contribution in [0.15, 0.2) is 36.5 Å². The summed E-state index contributed by atoms with van der Waals surface area (Å²) in [6.07, 6.45) is 4.77. The van der Waals surface area contributed by atoms with Crippen molar-refractivity contribution in [3.05, 3.63) is 53.2 Å². The van der Waals surface area contributed by atoms with Gasteiger partial charge in [-0.2, -0.15) is 0 Å². The van der Waals surface area contributed by atoms with Crippen molar-refractivity contribution in [2.45, 2.75) is 38.8 Å². The van der Waals surface area contributed by atoms with Gasteiger partial charge in [0.15, 0.2) is 0 Å². The molecule has 5 rings (SSSR count). The molecule has 1 amide bonds. The molecule has 1 aliphatic carbocycles. The van der Waals surface area contributed by atoms with Crippen molar-refractivity contribution >= 4 is 28.3 Å². The molecule has 3 heterocycles. The lowest BCUT2D eigenvalue weighted by Crippen LogP contribution is -2.35. The number of ether oxygens (including phenoxy) is 1. The molecule has 9 heteroatoms. The van der Waals surface area contributed by atoms with Crippen LogP contribution >= 0.6 is 0 Å². The molecule has 4 N–H and O–H groups in total. The molecule has 36 heavy (non-hydrogen) atoms. The van der Waals surface area contributed by atoms with E-state index in [0.717, 1.165) is 48.9 Å². The van der Waals surface area contributed by atoms with Crippen molar-refractivity contribution in [2.24, 2.45) is 5.92 Å². The molecular weight excluding hydrogens is 458 g/mol. The minimum atomic E-state index is -0.254. The predicted octanol–water partition coefficient (Wildman–Crippen LogP) is 3.30. The van der Waals surface area contributed by atoms with Crippen molar-refractivity contribution in [1.82, 2.24) is 14.9 Å². The second-order valence-electron chi connectivity index (χ2n) is 9.74. The molecule has 0 radical (unpaired) electrons. The number of anilines is 2. The fraction of sp³-hybridized carbons (Fsp3) is 0.444. The first-order chi connectivity index (χ1) is 17.5. The molecule has 1 aliphatic heterocycles. The minimum Gasteiger partial charge on any atom is -0.493 e. The van der Waals surface area contributed by atoms with Gasteiger partial charge < -0.3 is 25.6 Å². The van der Waals surface area contributed by atoms with E-state index in [1.807, 2.05) is 25.3 Å². The first kappa shape index (κ1) is 24.4. The van der Waals surface area contributed by atoms with E-state index in [-0.39, 0.29) is 30.4 Å². The zero-order valence-electron chi connectivity index (χ0n) is 20.5. The molecule has 2 unspecified atom stereocenters. The number of aryl methyl sites for hydroxylation is 1. The zero-order valence-corrected chi connectivity index (χ0v) is 20.5. The monoisotopic (exact) mass is 491 g/mol. The van der Waals surface area contributed by atoms with Gasteiger partial charge >= 0.3 is 0 Å². The van der Waals surface area contributed by atoms with Gasteiger partial charge in [-0.05, 0) is 55.2 Å². The summed E-state index contributed by atoms with van der Waals surface area (Å²) in [4.78, 5) is 24.7. The standard InChI is InChI=1S/C27H33N5O4/c1-17-11-25(34)30-24-6-5-20(13-21(17)24)29-27(35)22-12-18(15-32-7-9-36-10-8-32)14-28-26(22)31-23-4-2-3-19(23)16-33/h5-6,11-14,19,23,33H,2-4,7-10,15-16H2,1H3,(H,28,31)(H,29,35)(H,30,34). The van der Waals surface area contributed by atoms with Crippen molar-refractivity contribution in [3.8, 4) is 5.88 Å². The Morgan fingerprint density at radius 1 is 1.19 bits per heavy atom. The Morgan fingerprint density at radius 3 is 2.83 bits per heavy atom. The Labute approximate surface area is 210 Å². The number of aromatic hydroxyl groups is 1. The number of amides is 1. The van der Waals surface area contributed by atoms with Crippen LogP contribution in [0.3, 0.4) is 0 Å². The molecule has 2 atom stereocenters. The maximum atomic E-state index is 13.5. The number of rotatable bonds is 7. The molecule has 1 saturated heterocycles. The summed E-state index contributed by atoms with van der Waals surface area (Å²) in [6, 6.07) is 9.04. The number of hydrogen-bond acceptors (Lipinski definition) is 8. The largest absolute Gasteiger partial charge is 0.493 e. The van der Waals surface area contributed by atoms with Crippen LogP contribution in [0, 0.1) is 12.8 Å². The molecule has 1 aromatic carbocycles. The first-order valence-electron chi connectivity index (χ1n) is 12.6. The summed E-state index contributed by atoms with van der Waals surface area (Å²) in [5.41, 5.74) is 3.62. The van der Waals surface area contributed by atoms with Crippen LogP contribution in [0.5, 0.6) is 5.88 Å². The number of fused-ring (bicyclic) bond motifs is 1. The number of carbonyl (C=O) groups excluding carboxylic acids is 1. The Hall–Kier alpha value is -3.27. The number of carbonyl (C=O) groups is 1. The number of aliphatic hydroxyl groups excluding tert-OH is 1. The molecule has 2 aliphatic rings. The first-order valence-corrected chi connectivity index (χ1v) is 12.6. The number of hydrogen-bond donors (Lipinski definition) is 4. The Bertz CT molecular complexity index is 1240.